The van der Waals surface area contributed by atoms with Crippen molar-refractivity contribution in [1.82, 2.24) is 4.98 Å². The van der Waals surface area contributed by atoms with E-state index < -0.39 is 0 Å². The van der Waals surface area contributed by atoms with E-state index in [1.807, 2.05) is 36.4 Å². The number of para-hydroxylation sites is 2. The molecule has 0 unspecified atom stereocenters. The van der Waals surface area contributed by atoms with Crippen molar-refractivity contribution in [2.45, 2.75) is 19.9 Å². The maximum absolute atomic E-state index is 4.91. The van der Waals surface area contributed by atoms with Crippen LogP contribution in [-0.4, -0.2) is 17.7 Å². The first kappa shape index (κ1) is 15.5. The summed E-state index contributed by atoms with van der Waals surface area (Å²) in [4.78, 5) is 9.56. The number of pyridine rings is 1. The average molecular weight is 330 g/mol. The summed E-state index contributed by atoms with van der Waals surface area (Å²) in [5.74, 6) is 1.86. The second kappa shape index (κ2) is 6.48. The molecule has 0 bridgehead atoms. The van der Waals surface area contributed by atoms with Gasteiger partial charge in [-0.1, -0.05) is 36.4 Å². The lowest BCUT2D eigenvalue weighted by Crippen LogP contribution is -2.33. The first-order valence-electron chi connectivity index (χ1n) is 8.65. The van der Waals surface area contributed by atoms with Gasteiger partial charge in [-0.3, -0.25) is 0 Å². The maximum Gasteiger partial charge on any atom is 0.160 e. The third-order valence-electron chi connectivity index (χ3n) is 4.45. The van der Waals surface area contributed by atoms with E-state index >= 15 is 0 Å². The summed E-state index contributed by atoms with van der Waals surface area (Å²) < 4.78 is 0. The summed E-state index contributed by atoms with van der Waals surface area (Å²) in [6, 6.07) is 25.2. The second-order valence-corrected chi connectivity index (χ2v) is 6.50. The first-order chi connectivity index (χ1) is 12.2. The van der Waals surface area contributed by atoms with Crippen LogP contribution in [0.2, 0.25) is 0 Å². The van der Waals surface area contributed by atoms with Crippen molar-refractivity contribution in [2.24, 2.45) is 0 Å². The van der Waals surface area contributed by atoms with E-state index in [1.54, 1.807) is 0 Å². The molecule has 0 atom stereocenters. The maximum atomic E-state index is 4.91. The molecule has 2 aromatic carbocycles. The van der Waals surface area contributed by atoms with Crippen molar-refractivity contribution in [3.63, 3.8) is 0 Å². The lowest BCUT2D eigenvalue weighted by atomic mass is 10.2. The van der Waals surface area contributed by atoms with Gasteiger partial charge in [0.15, 0.2) is 5.82 Å². The van der Waals surface area contributed by atoms with Crippen LogP contribution in [0.1, 0.15) is 13.8 Å². The van der Waals surface area contributed by atoms with Crippen LogP contribution in [0.15, 0.2) is 72.8 Å². The molecular formula is C21H22N4. The molecule has 1 aromatic heterocycles. The largest absolute Gasteiger partial charge is 0.348 e. The van der Waals surface area contributed by atoms with Crippen LogP contribution in [0.25, 0.3) is 0 Å². The van der Waals surface area contributed by atoms with Gasteiger partial charge in [-0.25, -0.2) is 4.98 Å². The molecule has 4 rings (SSSR count). The predicted octanol–water partition coefficient (Wildman–Crippen LogP) is 5.15. The van der Waals surface area contributed by atoms with Crippen molar-refractivity contribution in [1.29, 1.82) is 0 Å². The number of hydrogen-bond donors (Lipinski definition) is 1. The molecule has 3 aromatic rings. The molecule has 1 N–H and O–H groups in total. The number of fused-ring (bicyclic) bond motifs is 1. The molecule has 1 aliphatic rings. The molecule has 0 saturated heterocycles. The van der Waals surface area contributed by atoms with Gasteiger partial charge >= 0.3 is 0 Å². The van der Waals surface area contributed by atoms with Gasteiger partial charge in [-0.05, 0) is 50.2 Å². The number of hydrogen-bond acceptors (Lipinski definition) is 4. The van der Waals surface area contributed by atoms with Gasteiger partial charge in [0.1, 0.15) is 5.82 Å². The Morgan fingerprint density at radius 2 is 1.56 bits per heavy atom. The molecule has 0 amide bonds. The van der Waals surface area contributed by atoms with Crippen LogP contribution in [0.5, 0.6) is 0 Å². The molecule has 0 fully saturated rings. The Bertz CT molecular complexity index is 846. The molecular weight excluding hydrogens is 308 g/mol. The third kappa shape index (κ3) is 3.03. The highest BCUT2D eigenvalue weighted by molar-refractivity contribution is 5.81. The summed E-state index contributed by atoms with van der Waals surface area (Å²) in [7, 11) is 0. The predicted molar refractivity (Wildman–Crippen MR) is 105 cm³/mol. The lowest BCUT2D eigenvalue weighted by Gasteiger charge is -2.24. The number of rotatable bonds is 4. The quantitative estimate of drug-likeness (QED) is 0.717. The van der Waals surface area contributed by atoms with Crippen molar-refractivity contribution in [2.75, 3.05) is 21.8 Å². The molecule has 4 heteroatoms. The van der Waals surface area contributed by atoms with Gasteiger partial charge < -0.3 is 15.1 Å². The minimum Gasteiger partial charge on any atom is -0.348 e. The Labute approximate surface area is 148 Å². The Balaban J connectivity index is 1.72. The zero-order valence-corrected chi connectivity index (χ0v) is 14.6. The highest BCUT2D eigenvalue weighted by atomic mass is 15.4. The highest BCUT2D eigenvalue weighted by Gasteiger charge is 2.30. The first-order valence-corrected chi connectivity index (χ1v) is 8.65. The fourth-order valence-electron chi connectivity index (χ4n) is 3.15. The summed E-state index contributed by atoms with van der Waals surface area (Å²) in [6.07, 6.45) is 0. The standard InChI is InChI=1S/C21H22N4/c1-16(2)24-15-25(18-11-7-4-8-12-18)21-19(24)13-14-20(23-21)22-17-9-5-3-6-10-17/h3-14,16H,15H2,1-2H3,(H,22,23). The number of aromatic nitrogens is 1. The Hall–Kier alpha value is -3.01. The van der Waals surface area contributed by atoms with Gasteiger partial charge in [0, 0.05) is 17.4 Å². The van der Waals surface area contributed by atoms with E-state index in [2.05, 4.69) is 65.4 Å². The van der Waals surface area contributed by atoms with Crippen LogP contribution in [0.4, 0.5) is 28.7 Å². The van der Waals surface area contributed by atoms with E-state index in [1.165, 1.54) is 5.69 Å². The molecule has 126 valence electrons. The number of benzene rings is 2. The lowest BCUT2D eigenvalue weighted by molar-refractivity contribution is 0.709. The molecule has 0 spiro atoms. The van der Waals surface area contributed by atoms with Crippen LogP contribution >= 0.6 is 0 Å². The van der Waals surface area contributed by atoms with Crippen molar-refractivity contribution >= 4 is 28.7 Å². The van der Waals surface area contributed by atoms with E-state index in [-0.39, 0.29) is 0 Å². The van der Waals surface area contributed by atoms with E-state index in [0.29, 0.717) is 6.04 Å². The van der Waals surface area contributed by atoms with Gasteiger partial charge in [0.2, 0.25) is 0 Å². The number of anilines is 5. The molecule has 1 aliphatic heterocycles. The minimum absolute atomic E-state index is 0.419. The normalized spacial score (nSPS) is 13.2. The summed E-state index contributed by atoms with van der Waals surface area (Å²) in [6.45, 7) is 5.25. The Morgan fingerprint density at radius 3 is 2.24 bits per heavy atom. The molecule has 2 heterocycles. The highest BCUT2D eigenvalue weighted by Crippen LogP contribution is 2.40. The zero-order valence-electron chi connectivity index (χ0n) is 14.6. The van der Waals surface area contributed by atoms with Crippen LogP contribution in [-0.2, 0) is 0 Å². The van der Waals surface area contributed by atoms with E-state index in [0.717, 1.165) is 29.7 Å². The molecule has 4 nitrogen and oxygen atoms in total. The third-order valence-corrected chi connectivity index (χ3v) is 4.45. The number of nitrogens with zero attached hydrogens (tertiary/aromatic N) is 3. The second-order valence-electron chi connectivity index (χ2n) is 6.50. The molecule has 0 saturated carbocycles. The van der Waals surface area contributed by atoms with Gasteiger partial charge in [-0.15, -0.1) is 0 Å². The monoisotopic (exact) mass is 330 g/mol. The van der Waals surface area contributed by atoms with Crippen molar-refractivity contribution in [3.05, 3.63) is 72.8 Å². The Morgan fingerprint density at radius 1 is 0.880 bits per heavy atom. The fourth-order valence-corrected chi connectivity index (χ4v) is 3.15. The van der Waals surface area contributed by atoms with Gasteiger partial charge in [0.25, 0.3) is 0 Å². The minimum atomic E-state index is 0.419. The van der Waals surface area contributed by atoms with Crippen molar-refractivity contribution in [3.8, 4) is 0 Å². The SMILES string of the molecule is CC(C)N1CN(c2ccccc2)c2nc(Nc3ccccc3)ccc21. The molecule has 25 heavy (non-hydrogen) atoms. The average Bonchev–Trinajstić information content (AvgIpc) is 3.02. The molecule has 0 aliphatic carbocycles. The van der Waals surface area contributed by atoms with Gasteiger partial charge in [0.05, 0.1) is 12.4 Å². The summed E-state index contributed by atoms with van der Waals surface area (Å²) >= 11 is 0. The van der Waals surface area contributed by atoms with E-state index in [9.17, 15) is 0 Å². The smallest absolute Gasteiger partial charge is 0.160 e. The number of nitrogens with one attached hydrogen (secondary N) is 1. The van der Waals surface area contributed by atoms with E-state index in [4.69, 9.17) is 4.98 Å². The zero-order chi connectivity index (χ0) is 17.2. The van der Waals surface area contributed by atoms with Gasteiger partial charge in [-0.2, -0.15) is 0 Å². The fraction of sp³-hybridized carbons (Fsp3) is 0.190. The summed E-state index contributed by atoms with van der Waals surface area (Å²) in [5.41, 5.74) is 3.38. The van der Waals surface area contributed by atoms with Crippen molar-refractivity contribution < 1.29 is 0 Å². The Kier molecular flexibility index (Phi) is 4.02. The topological polar surface area (TPSA) is 31.4 Å². The van der Waals surface area contributed by atoms with Crippen LogP contribution < -0.4 is 15.1 Å². The van der Waals surface area contributed by atoms with Crippen LogP contribution in [0.3, 0.4) is 0 Å². The van der Waals surface area contributed by atoms with Crippen LogP contribution in [0, 0.1) is 0 Å². The molecule has 0 radical (unpaired) electrons. The summed E-state index contributed by atoms with van der Waals surface area (Å²) in [5, 5.41) is 3.39.